The zero-order chi connectivity index (χ0) is 12.3. The maximum atomic E-state index is 5.89. The number of halogens is 1. The topological polar surface area (TPSA) is 63.8 Å². The van der Waals surface area contributed by atoms with Crippen LogP contribution in [0.25, 0.3) is 0 Å². The number of hydrogen-bond acceptors (Lipinski definition) is 5. The second kappa shape index (κ2) is 5.14. The molecular formula is C11H13ClN4O. The molecule has 2 aromatic heterocycles. The number of aromatic nitrogens is 3. The van der Waals surface area contributed by atoms with Crippen LogP contribution in [-0.4, -0.2) is 15.0 Å². The molecule has 6 heteroatoms. The molecule has 0 aromatic carbocycles. The summed E-state index contributed by atoms with van der Waals surface area (Å²) in [5.41, 5.74) is 0.816. The highest BCUT2D eigenvalue weighted by atomic mass is 35.5. The first-order valence-electron chi connectivity index (χ1n) is 5.35. The first-order chi connectivity index (χ1) is 8.20. The molecule has 90 valence electrons. The fourth-order valence-corrected chi connectivity index (χ4v) is 1.49. The number of nitrogens with zero attached hydrogens (tertiary/aromatic N) is 3. The lowest BCUT2D eigenvalue weighted by Gasteiger charge is -2.06. The van der Waals surface area contributed by atoms with Crippen LogP contribution in [0.1, 0.15) is 24.1 Å². The van der Waals surface area contributed by atoms with Crippen molar-refractivity contribution in [3.8, 4) is 0 Å². The van der Waals surface area contributed by atoms with E-state index in [1.807, 2.05) is 13.8 Å². The predicted octanol–water partition coefficient (Wildman–Crippen LogP) is 2.60. The van der Waals surface area contributed by atoms with Gasteiger partial charge in [0.15, 0.2) is 0 Å². The average molecular weight is 253 g/mol. The van der Waals surface area contributed by atoms with E-state index in [1.54, 1.807) is 6.20 Å². The van der Waals surface area contributed by atoms with Gasteiger partial charge in [0.25, 0.3) is 0 Å². The normalized spacial score (nSPS) is 10.5. The fourth-order valence-electron chi connectivity index (χ4n) is 1.36. The van der Waals surface area contributed by atoms with Crippen LogP contribution in [0.2, 0.25) is 5.15 Å². The first-order valence-corrected chi connectivity index (χ1v) is 5.73. The molecule has 0 saturated carbocycles. The summed E-state index contributed by atoms with van der Waals surface area (Å²) in [5, 5.41) is 3.56. The minimum atomic E-state index is 0.448. The van der Waals surface area contributed by atoms with E-state index in [-0.39, 0.29) is 0 Å². The molecule has 0 amide bonds. The minimum absolute atomic E-state index is 0.448. The summed E-state index contributed by atoms with van der Waals surface area (Å²) in [4.78, 5) is 12.1. The van der Waals surface area contributed by atoms with Gasteiger partial charge in [-0.1, -0.05) is 18.5 Å². The van der Waals surface area contributed by atoms with Crippen LogP contribution < -0.4 is 5.32 Å². The van der Waals surface area contributed by atoms with Crippen LogP contribution in [0.4, 0.5) is 5.82 Å². The van der Waals surface area contributed by atoms with Gasteiger partial charge in [-0.15, -0.1) is 0 Å². The van der Waals surface area contributed by atoms with E-state index in [2.05, 4.69) is 20.3 Å². The van der Waals surface area contributed by atoms with Gasteiger partial charge >= 0.3 is 0 Å². The van der Waals surface area contributed by atoms with Crippen LogP contribution >= 0.6 is 11.6 Å². The van der Waals surface area contributed by atoms with E-state index in [0.29, 0.717) is 23.4 Å². The standard InChI is InChI=1S/C11H13ClN4O/c1-3-8-4-13-9(17-8)5-14-11-7(2)10(12)15-6-16-11/h4,6H,3,5H2,1-2H3,(H,14,15,16). The van der Waals surface area contributed by atoms with E-state index in [4.69, 9.17) is 16.0 Å². The van der Waals surface area contributed by atoms with Crippen LogP contribution in [0.15, 0.2) is 16.9 Å². The van der Waals surface area contributed by atoms with Crippen molar-refractivity contribution in [2.45, 2.75) is 26.8 Å². The molecule has 0 aliphatic heterocycles. The molecule has 5 nitrogen and oxygen atoms in total. The third-order valence-corrected chi connectivity index (χ3v) is 2.76. The smallest absolute Gasteiger partial charge is 0.213 e. The van der Waals surface area contributed by atoms with Crippen LogP contribution in [0, 0.1) is 6.92 Å². The molecule has 17 heavy (non-hydrogen) atoms. The summed E-state index contributed by atoms with van der Waals surface area (Å²) in [7, 11) is 0. The Morgan fingerprint density at radius 3 is 2.88 bits per heavy atom. The van der Waals surface area contributed by atoms with Crippen molar-refractivity contribution in [2.24, 2.45) is 0 Å². The lowest BCUT2D eigenvalue weighted by molar-refractivity contribution is 0.465. The van der Waals surface area contributed by atoms with Crippen molar-refractivity contribution in [1.29, 1.82) is 0 Å². The van der Waals surface area contributed by atoms with Gasteiger partial charge in [0, 0.05) is 12.0 Å². The van der Waals surface area contributed by atoms with E-state index in [9.17, 15) is 0 Å². The van der Waals surface area contributed by atoms with Gasteiger partial charge in [-0.25, -0.2) is 15.0 Å². The summed E-state index contributed by atoms with van der Waals surface area (Å²) in [5.74, 6) is 2.21. The Balaban J connectivity index is 2.04. The lowest BCUT2D eigenvalue weighted by atomic mass is 10.3. The average Bonchev–Trinajstić information content (AvgIpc) is 2.79. The van der Waals surface area contributed by atoms with Gasteiger partial charge in [-0.3, -0.25) is 0 Å². The molecule has 2 heterocycles. The molecule has 0 aliphatic carbocycles. The van der Waals surface area contributed by atoms with Crippen molar-refractivity contribution in [1.82, 2.24) is 15.0 Å². The highest BCUT2D eigenvalue weighted by Crippen LogP contribution is 2.18. The van der Waals surface area contributed by atoms with Gasteiger partial charge < -0.3 is 9.73 Å². The van der Waals surface area contributed by atoms with E-state index in [1.165, 1.54) is 6.33 Å². The van der Waals surface area contributed by atoms with Crippen molar-refractivity contribution >= 4 is 17.4 Å². The quantitative estimate of drug-likeness (QED) is 0.848. The summed E-state index contributed by atoms with van der Waals surface area (Å²) in [6.45, 7) is 4.36. The lowest BCUT2D eigenvalue weighted by Crippen LogP contribution is -2.04. The van der Waals surface area contributed by atoms with E-state index >= 15 is 0 Å². The largest absolute Gasteiger partial charge is 0.444 e. The molecule has 0 saturated heterocycles. The highest BCUT2D eigenvalue weighted by Gasteiger charge is 2.06. The fraction of sp³-hybridized carbons (Fsp3) is 0.364. The maximum absolute atomic E-state index is 5.89. The molecule has 0 bridgehead atoms. The van der Waals surface area contributed by atoms with Gasteiger partial charge in [-0.05, 0) is 6.92 Å². The molecule has 0 radical (unpaired) electrons. The van der Waals surface area contributed by atoms with Gasteiger partial charge in [0.2, 0.25) is 5.89 Å². The molecule has 1 N–H and O–H groups in total. The number of nitrogens with one attached hydrogen (secondary N) is 1. The first kappa shape index (κ1) is 11.9. The van der Waals surface area contributed by atoms with Crippen molar-refractivity contribution in [3.63, 3.8) is 0 Å². The Labute approximate surface area is 104 Å². The summed E-state index contributed by atoms with van der Waals surface area (Å²) < 4.78 is 5.47. The Morgan fingerprint density at radius 1 is 1.35 bits per heavy atom. The molecule has 0 fully saturated rings. The molecular weight excluding hydrogens is 240 g/mol. The second-order valence-corrected chi connectivity index (χ2v) is 3.92. The molecule has 0 spiro atoms. The Hall–Kier alpha value is -1.62. The zero-order valence-electron chi connectivity index (χ0n) is 9.70. The third kappa shape index (κ3) is 2.74. The predicted molar refractivity (Wildman–Crippen MR) is 65.0 cm³/mol. The molecule has 0 unspecified atom stereocenters. The SMILES string of the molecule is CCc1cnc(CNc2ncnc(Cl)c2C)o1. The number of oxazole rings is 1. The number of aryl methyl sites for hydroxylation is 1. The summed E-state index contributed by atoms with van der Waals surface area (Å²) >= 11 is 5.89. The van der Waals surface area contributed by atoms with Crippen LogP contribution in [0.5, 0.6) is 0 Å². The maximum Gasteiger partial charge on any atom is 0.213 e. The van der Waals surface area contributed by atoms with E-state index in [0.717, 1.165) is 17.7 Å². The number of rotatable bonds is 4. The molecule has 0 atom stereocenters. The molecule has 2 rings (SSSR count). The summed E-state index contributed by atoms with van der Waals surface area (Å²) in [6, 6.07) is 0. The Kier molecular flexibility index (Phi) is 3.58. The Morgan fingerprint density at radius 2 is 2.18 bits per heavy atom. The minimum Gasteiger partial charge on any atom is -0.444 e. The second-order valence-electron chi connectivity index (χ2n) is 3.57. The highest BCUT2D eigenvalue weighted by molar-refractivity contribution is 6.30. The van der Waals surface area contributed by atoms with Crippen LogP contribution in [-0.2, 0) is 13.0 Å². The van der Waals surface area contributed by atoms with Gasteiger partial charge in [-0.2, -0.15) is 0 Å². The van der Waals surface area contributed by atoms with Gasteiger partial charge in [0.05, 0.1) is 12.7 Å². The summed E-state index contributed by atoms with van der Waals surface area (Å²) in [6.07, 6.45) is 3.99. The van der Waals surface area contributed by atoms with Gasteiger partial charge in [0.1, 0.15) is 23.1 Å². The number of hydrogen-bond donors (Lipinski definition) is 1. The monoisotopic (exact) mass is 252 g/mol. The van der Waals surface area contributed by atoms with E-state index < -0.39 is 0 Å². The van der Waals surface area contributed by atoms with Crippen LogP contribution in [0.3, 0.4) is 0 Å². The third-order valence-electron chi connectivity index (χ3n) is 2.38. The number of anilines is 1. The Bertz CT molecular complexity index is 512. The van der Waals surface area contributed by atoms with Crippen molar-refractivity contribution < 1.29 is 4.42 Å². The molecule has 0 aliphatic rings. The molecule has 2 aromatic rings. The van der Waals surface area contributed by atoms with Crippen molar-refractivity contribution in [3.05, 3.63) is 34.9 Å². The zero-order valence-corrected chi connectivity index (χ0v) is 10.5. The van der Waals surface area contributed by atoms with Crippen molar-refractivity contribution in [2.75, 3.05) is 5.32 Å².